The van der Waals surface area contributed by atoms with Crippen LogP contribution in [0.25, 0.3) is 0 Å². The van der Waals surface area contributed by atoms with Gasteiger partial charge in [0.25, 0.3) is 0 Å². The zero-order valence-electron chi connectivity index (χ0n) is 13.3. The number of aliphatic carboxylic acids is 1. The summed E-state index contributed by atoms with van der Waals surface area (Å²) < 4.78 is 115. The summed E-state index contributed by atoms with van der Waals surface area (Å²) in [6.07, 6.45) is 2.15. The van der Waals surface area contributed by atoms with Crippen molar-refractivity contribution in [2.75, 3.05) is 0 Å². The van der Waals surface area contributed by atoms with Gasteiger partial charge in [0.2, 0.25) is 5.91 Å². The molecule has 2 rings (SSSR count). The molecule has 1 saturated heterocycles. The topological polar surface area (TPSA) is 166 Å². The highest BCUT2D eigenvalue weighted by Crippen LogP contribution is 2.37. The number of fused-ring (bicyclic) bond motifs is 1. The van der Waals surface area contributed by atoms with E-state index in [0.717, 1.165) is 0 Å². The van der Waals surface area contributed by atoms with Crippen molar-refractivity contribution in [3.8, 4) is 0 Å². The Morgan fingerprint density at radius 1 is 1.04 bits per heavy atom. The average molecular weight is 467 g/mol. The van der Waals surface area contributed by atoms with Crippen molar-refractivity contribution in [2.45, 2.75) is 30.4 Å². The van der Waals surface area contributed by atoms with Crippen LogP contribution in [-0.4, -0.2) is 64.9 Å². The minimum Gasteiger partial charge on any atom is -0.477 e. The van der Waals surface area contributed by atoms with E-state index in [-0.39, 0.29) is 23.6 Å². The first-order chi connectivity index (χ1) is 12.1. The molecule has 2 atom stereocenters. The number of carbonyl (C=O) groups is 2. The molecule has 0 radical (unpaired) electrons. The largest absolute Gasteiger partial charge is 0.522 e. The second-order valence-corrected chi connectivity index (χ2v) is 7.92. The molecule has 164 valence electrons. The number of carboxylic acids is 1. The summed E-state index contributed by atoms with van der Waals surface area (Å²) in [5, 5.41) is 8.71. The fraction of sp³-hybridized carbons (Fsp3) is 0.600. The Morgan fingerprint density at radius 3 is 1.54 bits per heavy atom. The normalized spacial score (nSPS) is 22.0. The van der Waals surface area contributed by atoms with Crippen LogP contribution in [0, 0.1) is 5.92 Å². The summed E-state index contributed by atoms with van der Waals surface area (Å²) in [6, 6.07) is 0.114. The van der Waals surface area contributed by atoms with Gasteiger partial charge in [-0.2, -0.15) is 43.2 Å². The number of amides is 1. The second-order valence-electron chi connectivity index (χ2n) is 5.09. The minimum absolute atomic E-state index is 0.0713. The Hall–Kier alpha value is -1.92. The maximum absolute atomic E-state index is 11.0. The number of rotatable bonds is 1. The lowest BCUT2D eigenvalue weighted by molar-refractivity contribution is -0.148. The highest BCUT2D eigenvalue weighted by molar-refractivity contribution is 7.86. The van der Waals surface area contributed by atoms with Gasteiger partial charge < -0.3 is 10.0 Å². The third kappa shape index (κ3) is 6.60. The van der Waals surface area contributed by atoms with Crippen LogP contribution in [0.2, 0.25) is 0 Å². The Bertz CT molecular complexity index is 817. The Balaban J connectivity index is 0.000000408. The van der Waals surface area contributed by atoms with Crippen LogP contribution < -0.4 is 0 Å². The van der Waals surface area contributed by atoms with Gasteiger partial charge in [-0.25, -0.2) is 4.79 Å². The van der Waals surface area contributed by atoms with E-state index in [1.165, 1.54) is 4.90 Å². The molecule has 0 saturated carbocycles. The van der Waals surface area contributed by atoms with E-state index in [1.54, 1.807) is 6.08 Å². The summed E-state index contributed by atoms with van der Waals surface area (Å²) in [5.74, 6) is -0.885. The van der Waals surface area contributed by atoms with Crippen molar-refractivity contribution in [1.82, 2.24) is 4.90 Å². The van der Waals surface area contributed by atoms with Crippen LogP contribution in [0.1, 0.15) is 13.3 Å². The molecule has 0 aromatic rings. The molecule has 2 aliphatic rings. The minimum atomic E-state index is -5.84. The SMILES string of the molecule is CC1C=C(C(=O)O)N2C(=O)C[C@@H]12.O=S(=O)(O)C(F)(F)F.O=S(=O)(O)C(F)(F)F. The van der Waals surface area contributed by atoms with Crippen LogP contribution >= 0.6 is 0 Å². The van der Waals surface area contributed by atoms with Gasteiger partial charge in [-0.3, -0.25) is 13.9 Å². The highest BCUT2D eigenvalue weighted by atomic mass is 32.2. The van der Waals surface area contributed by atoms with Gasteiger partial charge in [0.1, 0.15) is 5.70 Å². The van der Waals surface area contributed by atoms with Crippen molar-refractivity contribution in [3.63, 3.8) is 0 Å². The summed E-state index contributed by atoms with van der Waals surface area (Å²) >= 11 is 0. The molecule has 2 aliphatic heterocycles. The molecule has 3 N–H and O–H groups in total. The summed E-state index contributed by atoms with van der Waals surface area (Å²) in [4.78, 5) is 23.0. The lowest BCUT2D eigenvalue weighted by Gasteiger charge is -2.37. The number of alkyl halides is 6. The van der Waals surface area contributed by atoms with Crippen LogP contribution in [0.4, 0.5) is 26.3 Å². The zero-order valence-corrected chi connectivity index (χ0v) is 14.9. The van der Waals surface area contributed by atoms with Gasteiger partial charge in [-0.15, -0.1) is 0 Å². The maximum atomic E-state index is 11.0. The maximum Gasteiger partial charge on any atom is 0.522 e. The first-order valence-corrected chi connectivity index (χ1v) is 9.34. The Kier molecular flexibility index (Phi) is 7.65. The monoisotopic (exact) mass is 467 g/mol. The third-order valence-electron chi connectivity index (χ3n) is 3.08. The number of hydrogen-bond acceptors (Lipinski definition) is 6. The smallest absolute Gasteiger partial charge is 0.477 e. The molecule has 0 spiro atoms. The van der Waals surface area contributed by atoms with Crippen molar-refractivity contribution < 1.29 is 67.0 Å². The molecule has 1 fully saturated rings. The summed E-state index contributed by atoms with van der Waals surface area (Å²) in [7, 11) is -11.7. The van der Waals surface area contributed by atoms with Gasteiger partial charge in [0.15, 0.2) is 0 Å². The molecule has 0 aliphatic carbocycles. The predicted octanol–water partition coefficient (Wildman–Crippen LogP) is 0.994. The first kappa shape index (κ1) is 26.1. The predicted molar refractivity (Wildman–Crippen MR) is 75.3 cm³/mol. The molecule has 2 heterocycles. The Labute approximate surface area is 152 Å². The van der Waals surface area contributed by atoms with Crippen molar-refractivity contribution in [1.29, 1.82) is 0 Å². The molecule has 0 aromatic carbocycles. The van der Waals surface area contributed by atoms with Crippen molar-refractivity contribution in [2.24, 2.45) is 5.92 Å². The number of hydrogen-bond donors (Lipinski definition) is 3. The molecule has 1 amide bonds. The Morgan fingerprint density at radius 2 is 1.36 bits per heavy atom. The van der Waals surface area contributed by atoms with Crippen LogP contribution in [0.3, 0.4) is 0 Å². The lowest BCUT2D eigenvalue weighted by atomic mass is 9.94. The fourth-order valence-electron chi connectivity index (χ4n) is 1.79. The molecule has 10 nitrogen and oxygen atoms in total. The molecule has 18 heteroatoms. The molecular weight excluding hydrogens is 456 g/mol. The van der Waals surface area contributed by atoms with Gasteiger partial charge >= 0.3 is 37.2 Å². The van der Waals surface area contributed by atoms with E-state index in [0.29, 0.717) is 6.42 Å². The van der Waals surface area contributed by atoms with Crippen molar-refractivity contribution in [3.05, 3.63) is 11.8 Å². The number of halogens is 6. The summed E-state index contributed by atoms with van der Waals surface area (Å²) in [5.41, 5.74) is -10.9. The quantitative estimate of drug-likeness (QED) is 0.221. The molecule has 0 aromatic heterocycles. The van der Waals surface area contributed by atoms with E-state index in [1.807, 2.05) is 6.92 Å². The van der Waals surface area contributed by atoms with Gasteiger partial charge in [0, 0.05) is 6.42 Å². The van der Waals surface area contributed by atoms with Crippen LogP contribution in [0.5, 0.6) is 0 Å². The van der Waals surface area contributed by atoms with Crippen molar-refractivity contribution >= 4 is 32.1 Å². The van der Waals surface area contributed by atoms with Gasteiger partial charge in [-0.05, 0) is 12.0 Å². The summed E-state index contributed by atoms with van der Waals surface area (Å²) in [6.45, 7) is 1.93. The van der Waals surface area contributed by atoms with Crippen LogP contribution in [-0.2, 0) is 29.8 Å². The van der Waals surface area contributed by atoms with E-state index in [4.69, 9.17) is 31.0 Å². The highest BCUT2D eigenvalue weighted by Gasteiger charge is 2.47. The van der Waals surface area contributed by atoms with E-state index in [2.05, 4.69) is 0 Å². The van der Waals surface area contributed by atoms with Crippen LogP contribution in [0.15, 0.2) is 11.8 Å². The fourth-order valence-corrected chi connectivity index (χ4v) is 1.79. The van der Waals surface area contributed by atoms with Gasteiger partial charge in [0.05, 0.1) is 6.04 Å². The van der Waals surface area contributed by atoms with Gasteiger partial charge in [-0.1, -0.05) is 6.92 Å². The average Bonchev–Trinajstić information content (AvgIpc) is 2.67. The standard InChI is InChI=1S/C8H9NO3.2CHF3O3S/c1-4-2-6(8(11)12)9-5(4)3-7(9)10;2*2-1(3,4)8(5,6)7/h2,4-5H,3H2,1H3,(H,11,12);2*(H,5,6,7)/t4?,5-;;/m0../s1. The number of nitrogens with zero attached hydrogens (tertiary/aromatic N) is 1. The second kappa shape index (κ2) is 8.21. The first-order valence-electron chi connectivity index (χ1n) is 6.46. The zero-order chi connectivity index (χ0) is 22.9. The number of β-lactam (4-membered cyclic amide) rings is 1. The third-order valence-corrected chi connectivity index (χ3v) is 4.25. The molecule has 28 heavy (non-hydrogen) atoms. The number of carbonyl (C=O) groups excluding carboxylic acids is 1. The molecule has 0 bridgehead atoms. The van der Waals surface area contributed by atoms with E-state index < -0.39 is 37.2 Å². The van der Waals surface area contributed by atoms with E-state index >= 15 is 0 Å². The van der Waals surface area contributed by atoms with E-state index in [9.17, 15) is 35.9 Å². The molecule has 1 unspecified atom stereocenters. The number of carboxylic acid groups (broad SMARTS) is 1. The lowest BCUT2D eigenvalue weighted by Crippen LogP contribution is -2.51. The molecular formula is C10H11F6NO9S2.